The second-order valence-corrected chi connectivity index (χ2v) is 3.24. The molecule has 2 saturated heterocycles. The van der Waals surface area contributed by atoms with Crippen LogP contribution in [0.1, 0.15) is 12.8 Å². The van der Waals surface area contributed by atoms with Gasteiger partial charge in [-0.1, -0.05) is 0 Å². The molecule has 2 fully saturated rings. The van der Waals surface area contributed by atoms with Gasteiger partial charge in [-0.05, 0) is 19.4 Å². The molecule has 0 amide bonds. The predicted octanol–water partition coefficient (Wildman–Crippen LogP) is -0.142. The number of nitrogens with one attached hydrogen (secondary N) is 1. The van der Waals surface area contributed by atoms with Gasteiger partial charge in [0, 0.05) is 20.1 Å². The second kappa shape index (κ2) is 2.49. The van der Waals surface area contributed by atoms with Crippen LogP contribution in [-0.2, 0) is 0 Å². The number of rotatable bonds is 0. The van der Waals surface area contributed by atoms with Crippen LogP contribution in [0.4, 0.5) is 0 Å². The van der Waals surface area contributed by atoms with Gasteiger partial charge in [0.15, 0.2) is 0 Å². The summed E-state index contributed by atoms with van der Waals surface area (Å²) in [6, 6.07) is 0. The molecule has 2 heterocycles. The number of fused-ring (bicyclic) bond motifs is 1. The van der Waals surface area contributed by atoms with Gasteiger partial charge in [-0.15, -0.1) is 0 Å². The summed E-state index contributed by atoms with van der Waals surface area (Å²) in [6.45, 7) is 3.70. The first-order valence-electron chi connectivity index (χ1n) is 4.07. The Morgan fingerprint density at radius 3 is 3.10 bits per heavy atom. The monoisotopic (exact) mass is 141 g/mol. The lowest BCUT2D eigenvalue weighted by Gasteiger charge is -2.36. The van der Waals surface area contributed by atoms with Gasteiger partial charge in [0.25, 0.3) is 0 Å². The smallest absolute Gasteiger partial charge is 0.0732 e. The molecule has 2 aliphatic heterocycles. The van der Waals surface area contributed by atoms with Crippen molar-refractivity contribution in [2.45, 2.75) is 19.0 Å². The second-order valence-electron chi connectivity index (χ2n) is 3.24. The standard InChI is InChI=1S/C7H15N3/c1-9-5-6-10-4-2-3-7(10)8-9/h7-8H,2-6H2,1H3. The first-order chi connectivity index (χ1) is 4.86. The number of likely N-dealkylation sites (N-methyl/N-ethyl adjacent to an activating group) is 1. The number of hydrogen-bond acceptors (Lipinski definition) is 3. The fourth-order valence-electron chi connectivity index (χ4n) is 1.84. The summed E-state index contributed by atoms with van der Waals surface area (Å²) in [5.74, 6) is 0. The van der Waals surface area contributed by atoms with Crippen molar-refractivity contribution in [1.82, 2.24) is 15.3 Å². The van der Waals surface area contributed by atoms with E-state index in [1.807, 2.05) is 0 Å². The first-order valence-corrected chi connectivity index (χ1v) is 4.07. The summed E-state index contributed by atoms with van der Waals surface area (Å²) in [5.41, 5.74) is 3.44. The van der Waals surface area contributed by atoms with Gasteiger partial charge < -0.3 is 0 Å². The highest BCUT2D eigenvalue weighted by Crippen LogP contribution is 2.16. The molecule has 0 bridgehead atoms. The van der Waals surface area contributed by atoms with Crippen LogP contribution in [0.3, 0.4) is 0 Å². The van der Waals surface area contributed by atoms with Crippen molar-refractivity contribution in [2.75, 3.05) is 26.7 Å². The van der Waals surface area contributed by atoms with Gasteiger partial charge in [0.05, 0.1) is 6.17 Å². The van der Waals surface area contributed by atoms with Crippen LogP contribution >= 0.6 is 0 Å². The van der Waals surface area contributed by atoms with Crippen molar-refractivity contribution < 1.29 is 0 Å². The van der Waals surface area contributed by atoms with Crippen LogP contribution in [0.5, 0.6) is 0 Å². The minimum absolute atomic E-state index is 0.652. The van der Waals surface area contributed by atoms with Crippen molar-refractivity contribution in [3.05, 3.63) is 0 Å². The molecule has 0 aromatic heterocycles. The summed E-state index contributed by atoms with van der Waals surface area (Å²) in [5, 5.41) is 2.20. The maximum Gasteiger partial charge on any atom is 0.0732 e. The zero-order valence-electron chi connectivity index (χ0n) is 6.51. The summed E-state index contributed by atoms with van der Waals surface area (Å²) < 4.78 is 0. The molecule has 10 heavy (non-hydrogen) atoms. The van der Waals surface area contributed by atoms with Gasteiger partial charge in [0.2, 0.25) is 0 Å². The average molecular weight is 141 g/mol. The zero-order chi connectivity index (χ0) is 6.97. The Kier molecular flexibility index (Phi) is 1.64. The minimum atomic E-state index is 0.652. The minimum Gasteiger partial charge on any atom is -0.286 e. The van der Waals surface area contributed by atoms with Crippen LogP contribution in [-0.4, -0.2) is 42.8 Å². The maximum atomic E-state index is 3.44. The lowest BCUT2D eigenvalue weighted by Crippen LogP contribution is -2.56. The van der Waals surface area contributed by atoms with E-state index in [9.17, 15) is 0 Å². The van der Waals surface area contributed by atoms with E-state index in [4.69, 9.17) is 0 Å². The molecular weight excluding hydrogens is 126 g/mol. The van der Waals surface area contributed by atoms with Crippen molar-refractivity contribution in [3.63, 3.8) is 0 Å². The van der Waals surface area contributed by atoms with Gasteiger partial charge in [0.1, 0.15) is 0 Å². The molecule has 0 aromatic rings. The lowest BCUT2D eigenvalue weighted by molar-refractivity contribution is 0.0491. The van der Waals surface area contributed by atoms with Gasteiger partial charge in [-0.2, -0.15) is 0 Å². The molecule has 0 saturated carbocycles. The molecular formula is C7H15N3. The van der Waals surface area contributed by atoms with E-state index >= 15 is 0 Å². The summed E-state index contributed by atoms with van der Waals surface area (Å²) >= 11 is 0. The Bertz CT molecular complexity index is 126. The molecule has 1 N–H and O–H groups in total. The Morgan fingerprint density at radius 1 is 1.30 bits per heavy atom. The Labute approximate surface area is 62.0 Å². The van der Waals surface area contributed by atoms with Crippen LogP contribution in [0.25, 0.3) is 0 Å². The first kappa shape index (κ1) is 6.58. The molecule has 0 radical (unpaired) electrons. The van der Waals surface area contributed by atoms with Gasteiger partial charge in [-0.3, -0.25) is 4.90 Å². The summed E-state index contributed by atoms with van der Waals surface area (Å²) in [6.07, 6.45) is 3.34. The molecule has 1 atom stereocenters. The Hall–Kier alpha value is -0.120. The fraction of sp³-hybridized carbons (Fsp3) is 1.00. The fourth-order valence-corrected chi connectivity index (χ4v) is 1.84. The zero-order valence-corrected chi connectivity index (χ0v) is 6.51. The van der Waals surface area contributed by atoms with Gasteiger partial charge >= 0.3 is 0 Å². The highest BCUT2D eigenvalue weighted by molar-refractivity contribution is 4.79. The molecule has 0 aliphatic carbocycles. The normalized spacial score (nSPS) is 36.3. The predicted molar refractivity (Wildman–Crippen MR) is 40.4 cm³/mol. The van der Waals surface area contributed by atoms with Crippen LogP contribution in [0.15, 0.2) is 0 Å². The van der Waals surface area contributed by atoms with Crippen molar-refractivity contribution in [2.24, 2.45) is 0 Å². The number of hydrogen-bond donors (Lipinski definition) is 1. The van der Waals surface area contributed by atoms with Crippen LogP contribution in [0.2, 0.25) is 0 Å². The SMILES string of the molecule is CN1CCN2CCCC2N1. The lowest BCUT2D eigenvalue weighted by atomic mass is 10.3. The topological polar surface area (TPSA) is 18.5 Å². The van der Waals surface area contributed by atoms with E-state index in [1.54, 1.807) is 0 Å². The number of nitrogens with zero attached hydrogens (tertiary/aromatic N) is 2. The molecule has 0 spiro atoms. The summed E-state index contributed by atoms with van der Waals surface area (Å²) in [4.78, 5) is 2.53. The van der Waals surface area contributed by atoms with Gasteiger partial charge in [-0.25, -0.2) is 10.4 Å². The van der Waals surface area contributed by atoms with E-state index in [0.29, 0.717) is 6.17 Å². The Morgan fingerprint density at radius 2 is 2.20 bits per heavy atom. The average Bonchev–Trinajstić information content (AvgIpc) is 2.33. The Balaban J connectivity index is 1.96. The maximum absolute atomic E-state index is 3.44. The summed E-state index contributed by atoms with van der Waals surface area (Å²) in [7, 11) is 2.12. The molecule has 2 aliphatic rings. The highest BCUT2D eigenvalue weighted by atomic mass is 15.6. The molecule has 3 nitrogen and oxygen atoms in total. The van der Waals surface area contributed by atoms with Crippen LogP contribution < -0.4 is 5.43 Å². The van der Waals surface area contributed by atoms with Crippen molar-refractivity contribution in [1.29, 1.82) is 0 Å². The van der Waals surface area contributed by atoms with E-state index < -0.39 is 0 Å². The molecule has 58 valence electrons. The largest absolute Gasteiger partial charge is 0.286 e. The van der Waals surface area contributed by atoms with E-state index in [2.05, 4.69) is 22.4 Å². The van der Waals surface area contributed by atoms with Crippen molar-refractivity contribution in [3.8, 4) is 0 Å². The van der Waals surface area contributed by atoms with E-state index in [0.717, 1.165) is 6.54 Å². The van der Waals surface area contributed by atoms with E-state index in [1.165, 1.54) is 25.9 Å². The molecule has 2 rings (SSSR count). The third-order valence-electron chi connectivity index (χ3n) is 2.46. The van der Waals surface area contributed by atoms with Crippen LogP contribution in [0, 0.1) is 0 Å². The number of hydrazine groups is 1. The third-order valence-corrected chi connectivity index (χ3v) is 2.46. The highest BCUT2D eigenvalue weighted by Gasteiger charge is 2.28. The van der Waals surface area contributed by atoms with Crippen molar-refractivity contribution >= 4 is 0 Å². The molecule has 0 aromatic carbocycles. The molecule has 3 heteroatoms. The third kappa shape index (κ3) is 1.05. The van der Waals surface area contributed by atoms with E-state index in [-0.39, 0.29) is 0 Å². The molecule has 1 unspecified atom stereocenters. The quantitative estimate of drug-likeness (QED) is 0.506.